The molecule has 0 aliphatic heterocycles. The topological polar surface area (TPSA) is 110 Å². The maximum atomic E-state index is 11.8. The predicted octanol–water partition coefficient (Wildman–Crippen LogP) is 1.14. The molecule has 2 aromatic heterocycles. The summed E-state index contributed by atoms with van der Waals surface area (Å²) in [5, 5.41) is 10.3. The van der Waals surface area contributed by atoms with E-state index < -0.39 is 6.09 Å². The largest absolute Gasteiger partial charge is 0.445 e. The third kappa shape index (κ3) is 3.67. The lowest BCUT2D eigenvalue weighted by molar-refractivity contribution is 0.139. The Balaban J connectivity index is 1.60. The minimum Gasteiger partial charge on any atom is -0.445 e. The molecule has 3 rings (SSSR count). The number of ether oxygens (including phenoxy) is 1. The molecule has 0 aliphatic carbocycles. The summed E-state index contributed by atoms with van der Waals surface area (Å²) in [6.45, 7) is 0.190. The third-order valence-corrected chi connectivity index (χ3v) is 3.06. The Bertz CT molecular complexity index is 879. The van der Waals surface area contributed by atoms with Gasteiger partial charge in [0.15, 0.2) is 5.65 Å². The van der Waals surface area contributed by atoms with Crippen LogP contribution < -0.4 is 10.9 Å². The normalized spacial score (nSPS) is 10.4. The second-order valence-electron chi connectivity index (χ2n) is 4.70. The van der Waals surface area contributed by atoms with Gasteiger partial charge in [0.1, 0.15) is 12.4 Å². The highest BCUT2D eigenvalue weighted by Crippen LogP contribution is 2.02. The molecule has 0 fully saturated rings. The highest BCUT2D eigenvalue weighted by Gasteiger charge is 2.07. The van der Waals surface area contributed by atoms with Crippen LogP contribution in [0.15, 0.2) is 47.4 Å². The van der Waals surface area contributed by atoms with Gasteiger partial charge in [-0.1, -0.05) is 30.3 Å². The van der Waals surface area contributed by atoms with E-state index >= 15 is 0 Å². The van der Waals surface area contributed by atoms with Gasteiger partial charge in [0.2, 0.25) is 0 Å². The van der Waals surface area contributed by atoms with Crippen LogP contribution in [0.3, 0.4) is 0 Å². The molecule has 8 heteroatoms. The van der Waals surface area contributed by atoms with Crippen molar-refractivity contribution in [1.29, 1.82) is 0 Å². The lowest BCUT2D eigenvalue weighted by Crippen LogP contribution is -2.26. The highest BCUT2D eigenvalue weighted by molar-refractivity contribution is 5.72. The van der Waals surface area contributed by atoms with Crippen LogP contribution in [0.1, 0.15) is 11.4 Å². The lowest BCUT2D eigenvalue weighted by atomic mass is 10.2. The summed E-state index contributed by atoms with van der Waals surface area (Å²) >= 11 is 0. The number of aromatic amines is 1. The predicted molar refractivity (Wildman–Crippen MR) is 81.4 cm³/mol. The molecule has 1 aromatic carbocycles. The Morgan fingerprint density at radius 3 is 2.87 bits per heavy atom. The standard InChI is InChI=1S/C15H13N5O3/c21-14-11-6-7-17-20-13(11)18-12(19-14)8-16-15(22)23-9-10-4-2-1-3-5-10/h1-7H,8-9H2,(H,16,22)(H,18,19,20,21). The maximum absolute atomic E-state index is 11.8. The molecule has 116 valence electrons. The van der Waals surface area contributed by atoms with Crippen molar-refractivity contribution < 1.29 is 9.53 Å². The van der Waals surface area contributed by atoms with E-state index in [1.165, 1.54) is 12.3 Å². The van der Waals surface area contributed by atoms with Crippen LogP contribution in [0.5, 0.6) is 0 Å². The number of alkyl carbamates (subject to hydrolysis) is 1. The zero-order valence-corrected chi connectivity index (χ0v) is 12.0. The number of hydrogen-bond donors (Lipinski definition) is 2. The number of nitrogens with zero attached hydrogens (tertiary/aromatic N) is 3. The molecule has 0 unspecified atom stereocenters. The van der Waals surface area contributed by atoms with Gasteiger partial charge in [-0.2, -0.15) is 5.10 Å². The van der Waals surface area contributed by atoms with E-state index in [4.69, 9.17) is 4.74 Å². The molecule has 1 amide bonds. The van der Waals surface area contributed by atoms with Crippen LogP contribution in [-0.4, -0.2) is 26.3 Å². The molecule has 0 spiro atoms. The Morgan fingerprint density at radius 2 is 2.04 bits per heavy atom. The lowest BCUT2D eigenvalue weighted by Gasteiger charge is -2.07. The van der Waals surface area contributed by atoms with Gasteiger partial charge in [-0.25, -0.2) is 9.78 Å². The smallest absolute Gasteiger partial charge is 0.407 e. The fourth-order valence-electron chi connectivity index (χ4n) is 1.95. The molecule has 2 N–H and O–H groups in total. The molecule has 0 saturated carbocycles. The fraction of sp³-hybridized carbons (Fsp3) is 0.133. The van der Waals surface area contributed by atoms with Crippen LogP contribution in [-0.2, 0) is 17.9 Å². The zero-order chi connectivity index (χ0) is 16.1. The SMILES string of the molecule is O=C(NCc1nc2nnccc2c(=O)[nH]1)OCc1ccccc1. The summed E-state index contributed by atoms with van der Waals surface area (Å²) < 4.78 is 5.07. The molecule has 0 atom stereocenters. The molecule has 0 radical (unpaired) electrons. The van der Waals surface area contributed by atoms with Gasteiger partial charge in [0.25, 0.3) is 5.56 Å². The van der Waals surface area contributed by atoms with Crippen molar-refractivity contribution in [2.45, 2.75) is 13.2 Å². The molecule has 0 saturated heterocycles. The number of amides is 1. The summed E-state index contributed by atoms with van der Waals surface area (Å²) in [4.78, 5) is 30.2. The number of carbonyl (C=O) groups excluding carboxylic acids is 1. The van der Waals surface area contributed by atoms with E-state index in [1.807, 2.05) is 30.3 Å². The van der Waals surface area contributed by atoms with Crippen molar-refractivity contribution in [1.82, 2.24) is 25.5 Å². The van der Waals surface area contributed by atoms with Crippen molar-refractivity contribution in [3.05, 3.63) is 64.3 Å². The number of rotatable bonds is 4. The van der Waals surface area contributed by atoms with Gasteiger partial charge in [-0.05, 0) is 11.6 Å². The number of H-pyrrole nitrogens is 1. The Hall–Kier alpha value is -3.29. The van der Waals surface area contributed by atoms with E-state index in [2.05, 4.69) is 25.5 Å². The Kier molecular flexibility index (Phi) is 4.23. The van der Waals surface area contributed by atoms with Crippen molar-refractivity contribution in [2.75, 3.05) is 0 Å². The summed E-state index contributed by atoms with van der Waals surface area (Å²) in [5.74, 6) is 0.277. The quantitative estimate of drug-likeness (QED) is 0.747. The molecule has 0 aliphatic rings. The number of carbonyl (C=O) groups is 1. The van der Waals surface area contributed by atoms with E-state index in [0.717, 1.165) is 5.56 Å². The van der Waals surface area contributed by atoms with Gasteiger partial charge < -0.3 is 15.0 Å². The monoisotopic (exact) mass is 311 g/mol. The van der Waals surface area contributed by atoms with E-state index in [1.54, 1.807) is 0 Å². The molecular weight excluding hydrogens is 298 g/mol. The summed E-state index contributed by atoms with van der Waals surface area (Å²) in [6.07, 6.45) is 0.814. The molecule has 2 heterocycles. The first-order valence-corrected chi connectivity index (χ1v) is 6.87. The van der Waals surface area contributed by atoms with Crippen LogP contribution in [0.2, 0.25) is 0 Å². The van der Waals surface area contributed by atoms with E-state index in [9.17, 15) is 9.59 Å². The number of nitrogens with one attached hydrogen (secondary N) is 2. The summed E-state index contributed by atoms with van der Waals surface area (Å²) in [7, 11) is 0. The fourth-order valence-corrected chi connectivity index (χ4v) is 1.95. The maximum Gasteiger partial charge on any atom is 0.407 e. The van der Waals surface area contributed by atoms with Crippen molar-refractivity contribution >= 4 is 17.1 Å². The third-order valence-electron chi connectivity index (χ3n) is 3.06. The van der Waals surface area contributed by atoms with Gasteiger partial charge >= 0.3 is 6.09 Å². The van der Waals surface area contributed by atoms with Gasteiger partial charge in [-0.3, -0.25) is 4.79 Å². The van der Waals surface area contributed by atoms with Crippen LogP contribution in [0, 0.1) is 0 Å². The minimum absolute atomic E-state index is 0.0232. The van der Waals surface area contributed by atoms with Crippen LogP contribution >= 0.6 is 0 Å². The van der Waals surface area contributed by atoms with Crippen molar-refractivity contribution in [3.8, 4) is 0 Å². The summed E-state index contributed by atoms with van der Waals surface area (Å²) in [6, 6.07) is 10.8. The molecule has 8 nitrogen and oxygen atoms in total. The highest BCUT2D eigenvalue weighted by atomic mass is 16.5. The molecule has 3 aromatic rings. The summed E-state index contributed by atoms with van der Waals surface area (Å²) in [5.41, 5.74) is 0.778. The number of aromatic nitrogens is 4. The number of hydrogen-bond acceptors (Lipinski definition) is 6. The second-order valence-corrected chi connectivity index (χ2v) is 4.70. The number of benzene rings is 1. The Labute approximate surface area is 130 Å². The molecule has 0 bridgehead atoms. The van der Waals surface area contributed by atoms with Crippen molar-refractivity contribution in [3.63, 3.8) is 0 Å². The first-order valence-electron chi connectivity index (χ1n) is 6.87. The number of fused-ring (bicyclic) bond motifs is 1. The minimum atomic E-state index is -0.601. The average Bonchev–Trinajstić information content (AvgIpc) is 2.59. The zero-order valence-electron chi connectivity index (χ0n) is 12.0. The van der Waals surface area contributed by atoms with E-state index in [0.29, 0.717) is 5.39 Å². The molecular formula is C15H13N5O3. The van der Waals surface area contributed by atoms with Crippen LogP contribution in [0.4, 0.5) is 4.79 Å². The first kappa shape index (κ1) is 14.6. The average molecular weight is 311 g/mol. The second kappa shape index (κ2) is 6.65. The van der Waals surface area contributed by atoms with Gasteiger partial charge in [0.05, 0.1) is 18.1 Å². The van der Waals surface area contributed by atoms with E-state index in [-0.39, 0.29) is 30.2 Å². The Morgan fingerprint density at radius 1 is 1.22 bits per heavy atom. The van der Waals surface area contributed by atoms with Crippen molar-refractivity contribution in [2.24, 2.45) is 0 Å². The first-order chi connectivity index (χ1) is 11.2. The van der Waals surface area contributed by atoms with Crippen LogP contribution in [0.25, 0.3) is 11.0 Å². The van der Waals surface area contributed by atoms with Gasteiger partial charge in [-0.15, -0.1) is 5.10 Å². The molecule has 23 heavy (non-hydrogen) atoms. The van der Waals surface area contributed by atoms with Gasteiger partial charge in [0, 0.05) is 0 Å².